The van der Waals surface area contributed by atoms with Crippen LogP contribution in [0.5, 0.6) is 5.75 Å². The predicted molar refractivity (Wildman–Crippen MR) is 102 cm³/mol. The van der Waals surface area contributed by atoms with Gasteiger partial charge in [-0.05, 0) is 35.9 Å². The first-order valence-electron chi connectivity index (χ1n) is 7.95. The average molecular weight is 371 g/mol. The number of benzene rings is 2. The maximum absolute atomic E-state index is 12.0. The number of rotatable bonds is 7. The van der Waals surface area contributed by atoms with E-state index in [0.29, 0.717) is 10.8 Å². The van der Waals surface area contributed by atoms with Crippen LogP contribution < -0.4 is 9.64 Å². The number of anilines is 1. The van der Waals surface area contributed by atoms with Crippen LogP contribution in [0, 0.1) is 11.3 Å². The van der Waals surface area contributed by atoms with Gasteiger partial charge in [-0.1, -0.05) is 35.9 Å². The predicted octanol–water partition coefficient (Wildman–Crippen LogP) is 3.94. The number of nitriles is 1. The molecular weight excluding hydrogens is 352 g/mol. The highest BCUT2D eigenvalue weighted by Crippen LogP contribution is 2.22. The van der Waals surface area contributed by atoms with Gasteiger partial charge in [-0.15, -0.1) is 0 Å². The van der Waals surface area contributed by atoms with Gasteiger partial charge in [-0.3, -0.25) is 0 Å². The molecular formula is C20H19ClN2O3. The van der Waals surface area contributed by atoms with Crippen LogP contribution >= 0.6 is 11.6 Å². The lowest BCUT2D eigenvalue weighted by Gasteiger charge is -2.12. The Kier molecular flexibility index (Phi) is 7.07. The number of esters is 1. The Morgan fingerprint density at radius 3 is 2.46 bits per heavy atom. The second-order valence-corrected chi connectivity index (χ2v) is 5.98. The minimum atomic E-state index is -0.688. The van der Waals surface area contributed by atoms with Crippen LogP contribution in [0.4, 0.5) is 5.69 Å². The van der Waals surface area contributed by atoms with E-state index in [9.17, 15) is 10.1 Å². The first kappa shape index (κ1) is 19.4. The monoisotopic (exact) mass is 370 g/mol. The molecule has 0 fully saturated rings. The molecule has 2 aromatic rings. The van der Waals surface area contributed by atoms with E-state index in [4.69, 9.17) is 21.1 Å². The highest BCUT2D eigenvalue weighted by molar-refractivity contribution is 6.32. The van der Waals surface area contributed by atoms with Crippen molar-refractivity contribution in [1.29, 1.82) is 5.26 Å². The molecule has 2 aromatic carbocycles. The highest BCUT2D eigenvalue weighted by atomic mass is 35.5. The molecule has 0 atom stereocenters. The molecule has 0 saturated carbocycles. The van der Waals surface area contributed by atoms with Gasteiger partial charge >= 0.3 is 5.97 Å². The summed E-state index contributed by atoms with van der Waals surface area (Å²) in [6.07, 6.45) is 1.50. The normalized spacial score (nSPS) is 10.8. The summed E-state index contributed by atoms with van der Waals surface area (Å²) in [4.78, 5) is 14.0. The molecule has 0 aromatic heterocycles. The van der Waals surface area contributed by atoms with Gasteiger partial charge in [-0.25, -0.2) is 4.79 Å². The zero-order chi connectivity index (χ0) is 18.9. The van der Waals surface area contributed by atoms with E-state index in [2.05, 4.69) is 0 Å². The molecule has 2 rings (SSSR count). The Bertz CT molecular complexity index is 824. The summed E-state index contributed by atoms with van der Waals surface area (Å²) in [5.74, 6) is -0.172. The van der Waals surface area contributed by atoms with Crippen LogP contribution in [0.25, 0.3) is 6.08 Å². The molecule has 0 unspecified atom stereocenters. The summed E-state index contributed by atoms with van der Waals surface area (Å²) in [5, 5.41) is 9.68. The van der Waals surface area contributed by atoms with Gasteiger partial charge in [0.05, 0.1) is 5.02 Å². The number of para-hydroxylation sites is 1. The van der Waals surface area contributed by atoms with Gasteiger partial charge in [0.15, 0.2) is 0 Å². The van der Waals surface area contributed by atoms with E-state index < -0.39 is 5.97 Å². The van der Waals surface area contributed by atoms with Crippen molar-refractivity contribution >= 4 is 29.3 Å². The quantitative estimate of drug-likeness (QED) is 0.320. The van der Waals surface area contributed by atoms with Crippen molar-refractivity contribution in [3.8, 4) is 11.8 Å². The number of ether oxygens (including phenoxy) is 2. The third-order valence-electron chi connectivity index (χ3n) is 3.47. The van der Waals surface area contributed by atoms with Crippen molar-refractivity contribution in [3.63, 3.8) is 0 Å². The topological polar surface area (TPSA) is 62.6 Å². The van der Waals surface area contributed by atoms with E-state index in [1.54, 1.807) is 24.3 Å². The third-order valence-corrected chi connectivity index (χ3v) is 3.78. The summed E-state index contributed by atoms with van der Waals surface area (Å²) in [6.45, 7) is 0.161. The highest BCUT2D eigenvalue weighted by Gasteiger charge is 2.11. The summed E-state index contributed by atoms with van der Waals surface area (Å²) in [6, 6.07) is 16.4. The van der Waals surface area contributed by atoms with Crippen LogP contribution in [0.2, 0.25) is 5.02 Å². The Labute approximate surface area is 158 Å². The summed E-state index contributed by atoms with van der Waals surface area (Å²) >= 11 is 5.97. The summed E-state index contributed by atoms with van der Waals surface area (Å²) in [5.41, 5.74) is 1.71. The molecule has 0 radical (unpaired) electrons. The van der Waals surface area contributed by atoms with Crippen molar-refractivity contribution in [3.05, 3.63) is 64.7 Å². The van der Waals surface area contributed by atoms with Crippen LogP contribution in [-0.2, 0) is 9.53 Å². The van der Waals surface area contributed by atoms with Crippen molar-refractivity contribution in [2.24, 2.45) is 0 Å². The van der Waals surface area contributed by atoms with Crippen LogP contribution in [0.3, 0.4) is 0 Å². The third kappa shape index (κ3) is 5.54. The van der Waals surface area contributed by atoms with Gasteiger partial charge in [0.1, 0.15) is 30.6 Å². The smallest absolute Gasteiger partial charge is 0.349 e. The molecule has 0 amide bonds. The zero-order valence-corrected chi connectivity index (χ0v) is 15.4. The largest absolute Gasteiger partial charge is 0.488 e. The molecule has 0 spiro atoms. The van der Waals surface area contributed by atoms with E-state index in [0.717, 1.165) is 11.3 Å². The van der Waals surface area contributed by atoms with Crippen molar-refractivity contribution < 1.29 is 14.3 Å². The van der Waals surface area contributed by atoms with Gasteiger partial charge < -0.3 is 14.4 Å². The standard InChI is InChI=1S/C20H19ClN2O3/c1-23(2)17-9-7-15(8-10-17)13-16(14-22)20(24)26-12-11-25-19-6-4-3-5-18(19)21/h3-10,13H,11-12H2,1-2H3/b16-13+. The van der Waals surface area contributed by atoms with Crippen molar-refractivity contribution in [2.75, 3.05) is 32.2 Å². The van der Waals surface area contributed by atoms with Crippen molar-refractivity contribution in [2.45, 2.75) is 0 Å². The molecule has 134 valence electrons. The fourth-order valence-electron chi connectivity index (χ4n) is 2.10. The molecule has 0 N–H and O–H groups in total. The van der Waals surface area contributed by atoms with Crippen LogP contribution in [0.15, 0.2) is 54.1 Å². The number of carbonyl (C=O) groups is 1. The van der Waals surface area contributed by atoms with E-state index >= 15 is 0 Å². The fraction of sp³-hybridized carbons (Fsp3) is 0.200. The lowest BCUT2D eigenvalue weighted by molar-refractivity contribution is -0.139. The maximum atomic E-state index is 12.0. The molecule has 0 aliphatic carbocycles. The van der Waals surface area contributed by atoms with Gasteiger partial charge in [0.25, 0.3) is 0 Å². The number of nitrogens with zero attached hydrogens (tertiary/aromatic N) is 2. The molecule has 0 heterocycles. The molecule has 5 nitrogen and oxygen atoms in total. The summed E-state index contributed by atoms with van der Waals surface area (Å²) < 4.78 is 10.5. The Morgan fingerprint density at radius 1 is 1.15 bits per heavy atom. The minimum Gasteiger partial charge on any atom is -0.488 e. The molecule has 0 saturated heterocycles. The SMILES string of the molecule is CN(C)c1ccc(/C=C(\C#N)C(=O)OCCOc2ccccc2Cl)cc1. The lowest BCUT2D eigenvalue weighted by atomic mass is 10.1. The van der Waals surface area contributed by atoms with E-state index in [1.165, 1.54) is 6.08 Å². The van der Waals surface area contributed by atoms with Crippen LogP contribution in [-0.4, -0.2) is 33.3 Å². The van der Waals surface area contributed by atoms with Gasteiger partial charge in [0.2, 0.25) is 0 Å². The number of hydrogen-bond acceptors (Lipinski definition) is 5. The summed E-state index contributed by atoms with van der Waals surface area (Å²) in [7, 11) is 3.88. The van der Waals surface area contributed by atoms with E-state index in [1.807, 2.05) is 49.3 Å². The average Bonchev–Trinajstić information content (AvgIpc) is 2.64. The molecule has 0 bridgehead atoms. The fourth-order valence-corrected chi connectivity index (χ4v) is 2.29. The van der Waals surface area contributed by atoms with Gasteiger partial charge in [-0.2, -0.15) is 5.26 Å². The second kappa shape index (κ2) is 9.50. The Hall–Kier alpha value is -2.97. The van der Waals surface area contributed by atoms with Gasteiger partial charge in [0, 0.05) is 19.8 Å². The first-order chi connectivity index (χ1) is 12.5. The number of halogens is 1. The Morgan fingerprint density at radius 2 is 1.85 bits per heavy atom. The zero-order valence-electron chi connectivity index (χ0n) is 14.6. The number of hydrogen-bond donors (Lipinski definition) is 0. The molecule has 26 heavy (non-hydrogen) atoms. The maximum Gasteiger partial charge on any atom is 0.349 e. The molecule has 0 aliphatic rings. The number of carbonyl (C=O) groups excluding carboxylic acids is 1. The molecule has 0 aliphatic heterocycles. The van der Waals surface area contributed by atoms with Crippen molar-refractivity contribution in [1.82, 2.24) is 0 Å². The molecule has 6 heteroatoms. The second-order valence-electron chi connectivity index (χ2n) is 5.57. The van der Waals surface area contributed by atoms with Crippen LogP contribution in [0.1, 0.15) is 5.56 Å². The minimum absolute atomic E-state index is 0.0165. The first-order valence-corrected chi connectivity index (χ1v) is 8.32. The van der Waals surface area contributed by atoms with E-state index in [-0.39, 0.29) is 18.8 Å². The Balaban J connectivity index is 1.90. The lowest BCUT2D eigenvalue weighted by Crippen LogP contribution is -2.13.